The van der Waals surface area contributed by atoms with E-state index in [2.05, 4.69) is 39.8 Å². The minimum atomic E-state index is 0.102. The lowest BCUT2D eigenvalue weighted by Crippen LogP contribution is -2.33. The van der Waals surface area contributed by atoms with Gasteiger partial charge in [0.05, 0.1) is 5.51 Å². The zero-order chi connectivity index (χ0) is 15.1. The van der Waals surface area contributed by atoms with Gasteiger partial charge in [-0.3, -0.25) is 9.69 Å². The Balaban J connectivity index is 1.36. The van der Waals surface area contributed by atoms with Gasteiger partial charge in [-0.2, -0.15) is 0 Å². The fraction of sp³-hybridized carbons (Fsp3) is 0.500. The molecule has 2 aromatic rings. The molecular weight excluding hydrogens is 296 g/mol. The average molecular weight is 316 g/mol. The number of amides is 1. The van der Waals surface area contributed by atoms with Gasteiger partial charge >= 0.3 is 0 Å². The molecule has 4 heterocycles. The monoisotopic (exact) mass is 316 g/mol. The van der Waals surface area contributed by atoms with Crippen LogP contribution in [0.3, 0.4) is 0 Å². The van der Waals surface area contributed by atoms with Crippen LogP contribution in [-0.2, 0) is 13.6 Å². The Morgan fingerprint density at radius 3 is 2.68 bits per heavy atom. The summed E-state index contributed by atoms with van der Waals surface area (Å²) in [7, 11) is 2.10. The fourth-order valence-corrected chi connectivity index (χ4v) is 4.28. The molecule has 2 aromatic heterocycles. The first-order chi connectivity index (χ1) is 10.7. The number of nitrogens with zero attached hydrogens (tertiary/aromatic N) is 4. The summed E-state index contributed by atoms with van der Waals surface area (Å²) in [6.07, 6.45) is 2.10. The van der Waals surface area contributed by atoms with Crippen molar-refractivity contribution in [1.82, 2.24) is 19.4 Å². The van der Waals surface area contributed by atoms with Gasteiger partial charge in [-0.25, -0.2) is 4.98 Å². The van der Waals surface area contributed by atoms with Crippen LogP contribution in [0.25, 0.3) is 0 Å². The third-order valence-corrected chi connectivity index (χ3v) is 5.52. The van der Waals surface area contributed by atoms with Crippen LogP contribution in [0.4, 0.5) is 0 Å². The second-order valence-electron chi connectivity index (χ2n) is 6.41. The predicted molar refractivity (Wildman–Crippen MR) is 85.7 cm³/mol. The van der Waals surface area contributed by atoms with Crippen LogP contribution in [0.15, 0.2) is 29.2 Å². The molecule has 6 heteroatoms. The minimum Gasteiger partial charge on any atom is -0.353 e. The zero-order valence-corrected chi connectivity index (χ0v) is 13.5. The van der Waals surface area contributed by atoms with E-state index in [4.69, 9.17) is 0 Å². The fourth-order valence-electron chi connectivity index (χ4n) is 3.76. The lowest BCUT2D eigenvalue weighted by Gasteiger charge is -2.21. The molecule has 116 valence electrons. The summed E-state index contributed by atoms with van der Waals surface area (Å²) in [6, 6.07) is 4.28. The molecule has 5 nitrogen and oxygen atoms in total. The maximum absolute atomic E-state index is 12.4. The van der Waals surface area contributed by atoms with Gasteiger partial charge in [0.15, 0.2) is 0 Å². The number of hydrogen-bond acceptors (Lipinski definition) is 4. The molecule has 0 spiro atoms. The van der Waals surface area contributed by atoms with E-state index in [1.807, 2.05) is 10.3 Å². The van der Waals surface area contributed by atoms with E-state index in [1.54, 1.807) is 5.51 Å². The highest BCUT2D eigenvalue weighted by atomic mass is 32.1. The number of aryl methyl sites for hydroxylation is 1. The van der Waals surface area contributed by atoms with Gasteiger partial charge in [0.1, 0.15) is 5.69 Å². The van der Waals surface area contributed by atoms with Crippen LogP contribution in [0.2, 0.25) is 0 Å². The maximum atomic E-state index is 12.4. The Hall–Kier alpha value is -1.66. The lowest BCUT2D eigenvalue weighted by atomic mass is 10.0. The van der Waals surface area contributed by atoms with Crippen LogP contribution < -0.4 is 0 Å². The first-order valence-corrected chi connectivity index (χ1v) is 8.65. The van der Waals surface area contributed by atoms with E-state index < -0.39 is 0 Å². The molecule has 2 aliphatic rings. The highest BCUT2D eigenvalue weighted by molar-refractivity contribution is 7.07. The summed E-state index contributed by atoms with van der Waals surface area (Å²) in [5.41, 5.74) is 3.69. The van der Waals surface area contributed by atoms with Gasteiger partial charge in [-0.05, 0) is 24.0 Å². The highest BCUT2D eigenvalue weighted by Gasteiger charge is 2.41. The molecule has 0 saturated carbocycles. The van der Waals surface area contributed by atoms with Crippen molar-refractivity contribution >= 4 is 17.2 Å². The van der Waals surface area contributed by atoms with Crippen molar-refractivity contribution in [1.29, 1.82) is 0 Å². The number of thiazole rings is 1. The van der Waals surface area contributed by atoms with Crippen molar-refractivity contribution in [2.75, 3.05) is 26.2 Å². The van der Waals surface area contributed by atoms with Gasteiger partial charge in [0, 0.05) is 57.0 Å². The summed E-state index contributed by atoms with van der Waals surface area (Å²) in [5.74, 6) is 1.33. The van der Waals surface area contributed by atoms with E-state index in [9.17, 15) is 4.79 Å². The Morgan fingerprint density at radius 1 is 1.32 bits per heavy atom. The largest absolute Gasteiger partial charge is 0.353 e. The number of carbonyl (C=O) groups is 1. The molecular formula is C16H20N4OS. The summed E-state index contributed by atoms with van der Waals surface area (Å²) in [5, 5.41) is 1.85. The third kappa shape index (κ3) is 2.46. The molecule has 0 bridgehead atoms. The standard InChI is InChI=1S/C16H20N4OS/c1-18-4-2-3-14(18)9-19-5-12-7-20(8-13(12)6-19)16(21)15-10-22-11-17-15/h2-4,10-13H,5-9H2,1H3/t12-,13+. The normalized spacial score (nSPS) is 24.9. The molecule has 2 fully saturated rings. The molecule has 1 amide bonds. The SMILES string of the molecule is Cn1cccc1CN1C[C@@H]2CN(C(=O)c3cscn3)C[C@@H]2C1. The van der Waals surface area contributed by atoms with Crippen LogP contribution in [0.5, 0.6) is 0 Å². The van der Waals surface area contributed by atoms with Crippen LogP contribution >= 0.6 is 11.3 Å². The summed E-state index contributed by atoms with van der Waals surface area (Å²) in [6.45, 7) is 4.96. The maximum Gasteiger partial charge on any atom is 0.273 e. The van der Waals surface area contributed by atoms with Crippen molar-refractivity contribution < 1.29 is 4.79 Å². The van der Waals surface area contributed by atoms with E-state index in [0.29, 0.717) is 17.5 Å². The molecule has 0 aliphatic carbocycles. The molecule has 0 radical (unpaired) electrons. The summed E-state index contributed by atoms with van der Waals surface area (Å²) >= 11 is 1.48. The zero-order valence-electron chi connectivity index (χ0n) is 12.7. The number of aromatic nitrogens is 2. The minimum absolute atomic E-state index is 0.102. The van der Waals surface area contributed by atoms with Crippen molar-refractivity contribution in [2.24, 2.45) is 18.9 Å². The van der Waals surface area contributed by atoms with Crippen LogP contribution in [0, 0.1) is 11.8 Å². The Bertz CT molecular complexity index is 652. The van der Waals surface area contributed by atoms with Gasteiger partial charge in [-0.1, -0.05) is 0 Å². The average Bonchev–Trinajstić information content (AvgIpc) is 3.23. The quantitative estimate of drug-likeness (QED) is 0.865. The Kier molecular flexibility index (Phi) is 3.50. The van der Waals surface area contributed by atoms with Gasteiger partial charge in [-0.15, -0.1) is 11.3 Å². The van der Waals surface area contributed by atoms with E-state index >= 15 is 0 Å². The predicted octanol–water partition coefficient (Wildman–Crippen LogP) is 1.69. The van der Waals surface area contributed by atoms with Crippen molar-refractivity contribution in [3.05, 3.63) is 40.6 Å². The summed E-state index contributed by atoms with van der Waals surface area (Å²) in [4.78, 5) is 21.0. The summed E-state index contributed by atoms with van der Waals surface area (Å²) < 4.78 is 2.19. The number of likely N-dealkylation sites (tertiary alicyclic amines) is 2. The highest BCUT2D eigenvalue weighted by Crippen LogP contribution is 2.32. The van der Waals surface area contributed by atoms with Crippen molar-refractivity contribution in [2.45, 2.75) is 6.54 Å². The first-order valence-electron chi connectivity index (χ1n) is 7.70. The van der Waals surface area contributed by atoms with Gasteiger partial charge < -0.3 is 9.47 Å². The smallest absolute Gasteiger partial charge is 0.273 e. The van der Waals surface area contributed by atoms with Gasteiger partial charge in [0.25, 0.3) is 5.91 Å². The molecule has 0 aromatic carbocycles. The van der Waals surface area contributed by atoms with Crippen LogP contribution in [0.1, 0.15) is 16.2 Å². The topological polar surface area (TPSA) is 41.4 Å². The Labute approximate surface area is 134 Å². The number of rotatable bonds is 3. The number of hydrogen-bond donors (Lipinski definition) is 0. The second kappa shape index (κ2) is 5.52. The van der Waals surface area contributed by atoms with Crippen molar-refractivity contribution in [3.63, 3.8) is 0 Å². The molecule has 2 saturated heterocycles. The third-order valence-electron chi connectivity index (χ3n) is 4.94. The first kappa shape index (κ1) is 14.0. The van der Waals surface area contributed by atoms with E-state index in [0.717, 1.165) is 32.7 Å². The Morgan fingerprint density at radius 2 is 2.09 bits per heavy atom. The lowest BCUT2D eigenvalue weighted by molar-refractivity contribution is 0.0768. The molecule has 4 rings (SSSR count). The molecule has 0 unspecified atom stereocenters. The van der Waals surface area contributed by atoms with Gasteiger partial charge in [0.2, 0.25) is 0 Å². The molecule has 2 atom stereocenters. The number of fused-ring (bicyclic) bond motifs is 1. The molecule has 0 N–H and O–H groups in total. The van der Waals surface area contributed by atoms with E-state index in [-0.39, 0.29) is 5.91 Å². The van der Waals surface area contributed by atoms with Crippen LogP contribution in [-0.4, -0.2) is 51.4 Å². The van der Waals surface area contributed by atoms with Crippen molar-refractivity contribution in [3.8, 4) is 0 Å². The number of carbonyl (C=O) groups excluding carboxylic acids is 1. The molecule has 22 heavy (non-hydrogen) atoms. The van der Waals surface area contributed by atoms with E-state index in [1.165, 1.54) is 17.0 Å². The second-order valence-corrected chi connectivity index (χ2v) is 7.13. The molecule has 2 aliphatic heterocycles.